The normalized spacial score (nSPS) is 14.1. The first kappa shape index (κ1) is 25.2. The first-order valence-electron chi connectivity index (χ1n) is 11.8. The summed E-state index contributed by atoms with van der Waals surface area (Å²) in [7, 11) is 5.19. The Hall–Kier alpha value is -3.46. The molecule has 0 bridgehead atoms. The maximum atomic E-state index is 13.1. The van der Waals surface area contributed by atoms with Gasteiger partial charge in [-0.15, -0.1) is 0 Å². The van der Waals surface area contributed by atoms with Crippen LogP contribution in [0.3, 0.4) is 0 Å². The van der Waals surface area contributed by atoms with Crippen molar-refractivity contribution in [3.8, 4) is 22.6 Å². The highest BCUT2D eigenvalue weighted by Gasteiger charge is 2.20. The van der Waals surface area contributed by atoms with Crippen LogP contribution in [-0.4, -0.2) is 68.5 Å². The number of nitrogens with zero attached hydrogens (tertiary/aromatic N) is 3. The molecular weight excluding hydrogens is 513 g/mol. The molecule has 8 nitrogen and oxygen atoms in total. The maximum Gasteiger partial charge on any atom is 0.256 e. The highest BCUT2D eigenvalue weighted by Crippen LogP contribution is 2.46. The zero-order chi connectivity index (χ0) is 26.1. The number of fused-ring (bicyclic) bond motifs is 1. The Morgan fingerprint density at radius 1 is 0.973 bits per heavy atom. The van der Waals surface area contributed by atoms with Crippen LogP contribution in [0.25, 0.3) is 22.0 Å². The molecule has 1 fully saturated rings. The number of aromatic amines is 1. The van der Waals surface area contributed by atoms with Gasteiger partial charge in [0.15, 0.2) is 5.82 Å². The summed E-state index contributed by atoms with van der Waals surface area (Å²) in [4.78, 5) is 17.7. The molecule has 3 aromatic carbocycles. The molecule has 0 unspecified atom stereocenters. The molecule has 0 spiro atoms. The summed E-state index contributed by atoms with van der Waals surface area (Å²) in [6.07, 6.45) is 0. The van der Waals surface area contributed by atoms with E-state index in [1.165, 1.54) is 14.2 Å². The summed E-state index contributed by atoms with van der Waals surface area (Å²) in [5.41, 5.74) is 3.67. The second kappa shape index (κ2) is 10.5. The predicted octanol–water partition coefficient (Wildman–Crippen LogP) is 5.56. The maximum absolute atomic E-state index is 13.1. The summed E-state index contributed by atoms with van der Waals surface area (Å²) in [6, 6.07) is 14.9. The van der Waals surface area contributed by atoms with E-state index in [0.29, 0.717) is 44.0 Å². The molecule has 2 N–H and O–H groups in total. The van der Waals surface area contributed by atoms with Gasteiger partial charge in [-0.2, -0.15) is 5.10 Å². The molecule has 0 radical (unpaired) electrons. The summed E-state index contributed by atoms with van der Waals surface area (Å²) in [5.74, 6) is 1.12. The van der Waals surface area contributed by atoms with Crippen molar-refractivity contribution < 1.29 is 14.3 Å². The fourth-order valence-corrected chi connectivity index (χ4v) is 5.22. The number of methoxy groups -OCH3 is 2. The van der Waals surface area contributed by atoms with E-state index in [1.54, 1.807) is 6.07 Å². The number of anilines is 2. The molecule has 4 aromatic rings. The number of H-pyrrole nitrogens is 1. The Bertz CT molecular complexity index is 1440. The molecule has 1 aliphatic heterocycles. The number of hydrogen-bond acceptors (Lipinski definition) is 6. The van der Waals surface area contributed by atoms with Crippen molar-refractivity contribution in [3.63, 3.8) is 0 Å². The quantitative estimate of drug-likeness (QED) is 0.334. The number of carbonyl (C=O) groups is 1. The fraction of sp³-hybridized carbons (Fsp3) is 0.259. The fourth-order valence-electron chi connectivity index (χ4n) is 4.50. The third kappa shape index (κ3) is 4.92. The van der Waals surface area contributed by atoms with E-state index in [4.69, 9.17) is 32.7 Å². The van der Waals surface area contributed by atoms with Crippen LogP contribution in [0.4, 0.5) is 11.5 Å². The van der Waals surface area contributed by atoms with Gasteiger partial charge in [0, 0.05) is 54.4 Å². The van der Waals surface area contributed by atoms with Gasteiger partial charge in [-0.25, -0.2) is 0 Å². The number of rotatable bonds is 6. The summed E-state index contributed by atoms with van der Waals surface area (Å²) >= 11 is 13.2. The van der Waals surface area contributed by atoms with E-state index in [-0.39, 0.29) is 5.91 Å². The summed E-state index contributed by atoms with van der Waals surface area (Å²) in [5, 5.41) is 11.8. The van der Waals surface area contributed by atoms with Crippen LogP contribution in [-0.2, 0) is 0 Å². The Labute approximate surface area is 225 Å². The number of piperazine rings is 1. The molecule has 10 heteroatoms. The smallest absolute Gasteiger partial charge is 0.256 e. The molecule has 37 heavy (non-hydrogen) atoms. The van der Waals surface area contributed by atoms with Crippen molar-refractivity contribution >= 4 is 51.5 Å². The van der Waals surface area contributed by atoms with E-state index in [9.17, 15) is 4.79 Å². The molecule has 2 heterocycles. The summed E-state index contributed by atoms with van der Waals surface area (Å²) in [6.45, 7) is 3.86. The number of hydrogen-bond donors (Lipinski definition) is 2. The first-order valence-corrected chi connectivity index (χ1v) is 12.6. The minimum absolute atomic E-state index is 0.225. The number of carbonyl (C=O) groups excluding carboxylic acids is 1. The Morgan fingerprint density at radius 3 is 2.35 bits per heavy atom. The molecule has 0 saturated carbocycles. The lowest BCUT2D eigenvalue weighted by Gasteiger charge is -2.34. The summed E-state index contributed by atoms with van der Waals surface area (Å²) < 4.78 is 10.8. The zero-order valence-corrected chi connectivity index (χ0v) is 22.3. The average Bonchev–Trinajstić information content (AvgIpc) is 3.31. The van der Waals surface area contributed by atoms with E-state index in [0.717, 1.165) is 42.8 Å². The average molecular weight is 540 g/mol. The van der Waals surface area contributed by atoms with Crippen molar-refractivity contribution in [1.82, 2.24) is 15.1 Å². The third-order valence-electron chi connectivity index (χ3n) is 6.63. The van der Waals surface area contributed by atoms with Crippen LogP contribution in [0.1, 0.15) is 10.4 Å². The van der Waals surface area contributed by atoms with Crippen molar-refractivity contribution in [1.29, 1.82) is 0 Å². The monoisotopic (exact) mass is 539 g/mol. The van der Waals surface area contributed by atoms with Crippen molar-refractivity contribution in [3.05, 3.63) is 64.1 Å². The molecule has 0 atom stereocenters. The topological polar surface area (TPSA) is 82.7 Å². The lowest BCUT2D eigenvalue weighted by molar-refractivity contribution is 0.102. The Morgan fingerprint density at radius 2 is 1.68 bits per heavy atom. The lowest BCUT2D eigenvalue weighted by Crippen LogP contribution is -2.44. The highest BCUT2D eigenvalue weighted by molar-refractivity contribution is 6.41. The number of amides is 1. The van der Waals surface area contributed by atoms with Crippen LogP contribution in [0, 0.1) is 0 Å². The van der Waals surface area contributed by atoms with Crippen LogP contribution in [0.5, 0.6) is 11.5 Å². The van der Waals surface area contributed by atoms with E-state index in [2.05, 4.69) is 32.4 Å². The van der Waals surface area contributed by atoms with Gasteiger partial charge in [-0.1, -0.05) is 35.3 Å². The number of ether oxygens (including phenoxy) is 2. The van der Waals surface area contributed by atoms with Crippen LogP contribution in [0.15, 0.2) is 48.5 Å². The first-order chi connectivity index (χ1) is 17.9. The number of nitrogens with one attached hydrogen (secondary N) is 2. The van der Waals surface area contributed by atoms with Gasteiger partial charge in [0.2, 0.25) is 0 Å². The van der Waals surface area contributed by atoms with E-state index >= 15 is 0 Å². The van der Waals surface area contributed by atoms with Gasteiger partial charge < -0.3 is 24.6 Å². The standard InChI is InChI=1S/C27H27Cl2N5O3/c1-33-9-11-34(12-10-33)18-6-4-5-17(13-18)27(35)30-26-19-8-7-16(14-20(19)31-32-26)23-24(28)21(36-2)15-22(37-3)25(23)29/h4-8,13-15H,9-12H2,1-3H3,(H2,30,31,32,35). The second-order valence-electron chi connectivity index (χ2n) is 8.91. The molecule has 5 rings (SSSR count). The molecule has 0 aliphatic carbocycles. The molecule has 1 amide bonds. The van der Waals surface area contributed by atoms with Crippen LogP contribution in [0.2, 0.25) is 10.0 Å². The second-order valence-corrected chi connectivity index (χ2v) is 9.67. The van der Waals surface area contributed by atoms with Gasteiger partial charge >= 0.3 is 0 Å². The van der Waals surface area contributed by atoms with Gasteiger partial charge in [0.1, 0.15) is 11.5 Å². The highest BCUT2D eigenvalue weighted by atomic mass is 35.5. The molecular formula is C27H27Cl2N5O3. The largest absolute Gasteiger partial charge is 0.495 e. The zero-order valence-electron chi connectivity index (χ0n) is 20.8. The van der Waals surface area contributed by atoms with Gasteiger partial charge in [0.25, 0.3) is 5.91 Å². The number of aromatic nitrogens is 2. The van der Waals surface area contributed by atoms with Crippen molar-refractivity contribution in [2.45, 2.75) is 0 Å². The lowest BCUT2D eigenvalue weighted by atomic mass is 10.0. The SMILES string of the molecule is COc1cc(OC)c(Cl)c(-c2ccc3c(NC(=O)c4cccc(N5CCN(C)CC5)c4)n[nH]c3c2)c1Cl. The number of likely N-dealkylation sites (N-methyl/N-ethyl adjacent to an activating group) is 1. The van der Waals surface area contributed by atoms with Crippen molar-refractivity contribution in [2.24, 2.45) is 0 Å². The van der Waals surface area contributed by atoms with Crippen LogP contribution < -0.4 is 19.7 Å². The van der Waals surface area contributed by atoms with Gasteiger partial charge in [-0.3, -0.25) is 9.89 Å². The van der Waals surface area contributed by atoms with Gasteiger partial charge in [0.05, 0.1) is 29.8 Å². The third-order valence-corrected chi connectivity index (χ3v) is 7.38. The predicted molar refractivity (Wildman–Crippen MR) is 149 cm³/mol. The minimum Gasteiger partial charge on any atom is -0.495 e. The molecule has 1 aliphatic rings. The molecule has 192 valence electrons. The van der Waals surface area contributed by atoms with Crippen LogP contribution >= 0.6 is 23.2 Å². The van der Waals surface area contributed by atoms with Crippen molar-refractivity contribution in [2.75, 3.05) is 57.7 Å². The Balaban J connectivity index is 1.41. The molecule has 1 saturated heterocycles. The van der Waals surface area contributed by atoms with Gasteiger partial charge in [-0.05, 0) is 42.9 Å². The minimum atomic E-state index is -0.225. The number of benzene rings is 3. The number of halogens is 2. The molecule has 1 aromatic heterocycles. The van der Waals surface area contributed by atoms with E-state index < -0.39 is 0 Å². The Kier molecular flexibility index (Phi) is 7.15. The van der Waals surface area contributed by atoms with E-state index in [1.807, 2.05) is 42.5 Å².